The van der Waals surface area contributed by atoms with Crippen LogP contribution < -0.4 is 5.32 Å². The Labute approximate surface area is 76.9 Å². The quantitative estimate of drug-likeness (QED) is 0.724. The zero-order valence-electron chi connectivity index (χ0n) is 7.29. The van der Waals surface area contributed by atoms with Gasteiger partial charge in [0.15, 0.2) is 0 Å². The highest BCUT2D eigenvalue weighted by Gasteiger charge is 2.02. The van der Waals surface area contributed by atoms with E-state index in [0.29, 0.717) is 0 Å². The molecule has 0 aliphatic rings. The summed E-state index contributed by atoms with van der Waals surface area (Å²) in [6.07, 6.45) is 2.64. The summed E-state index contributed by atoms with van der Waals surface area (Å²) in [6.45, 7) is 2.81. The molecule has 0 bridgehead atoms. The molecule has 0 aliphatic heterocycles. The molecule has 0 saturated carbocycles. The number of halogens is 1. The third-order valence-electron chi connectivity index (χ3n) is 1.66. The number of nitrogens with zero attached hydrogens (tertiary/aromatic N) is 3. The molecule has 4 nitrogen and oxygen atoms in total. The molecule has 1 atom stereocenters. The number of rotatable bonds is 4. The zero-order chi connectivity index (χ0) is 8.97. The van der Waals surface area contributed by atoms with Crippen LogP contribution in [0.3, 0.4) is 0 Å². The standard InChI is InChI=1S/C7H13ClN4/c1-3-6(8)4-9-7-5-10-11-12(7)2/h5-6,9H,3-4H2,1-2H3. The summed E-state index contributed by atoms with van der Waals surface area (Å²) in [5.41, 5.74) is 0. The molecular formula is C7H13ClN4. The maximum absolute atomic E-state index is 5.92. The van der Waals surface area contributed by atoms with Crippen molar-refractivity contribution in [2.24, 2.45) is 7.05 Å². The van der Waals surface area contributed by atoms with Crippen molar-refractivity contribution >= 4 is 17.4 Å². The largest absolute Gasteiger partial charge is 0.367 e. The van der Waals surface area contributed by atoms with Crippen LogP contribution >= 0.6 is 11.6 Å². The highest BCUT2D eigenvalue weighted by molar-refractivity contribution is 6.20. The molecule has 5 heteroatoms. The molecule has 68 valence electrons. The van der Waals surface area contributed by atoms with Gasteiger partial charge in [-0.1, -0.05) is 12.1 Å². The zero-order valence-corrected chi connectivity index (χ0v) is 8.04. The van der Waals surface area contributed by atoms with Gasteiger partial charge in [-0.3, -0.25) is 0 Å². The van der Waals surface area contributed by atoms with Crippen molar-refractivity contribution in [3.63, 3.8) is 0 Å². The fraction of sp³-hybridized carbons (Fsp3) is 0.714. The third kappa shape index (κ3) is 2.37. The smallest absolute Gasteiger partial charge is 0.144 e. The second kappa shape index (κ2) is 4.30. The third-order valence-corrected chi connectivity index (χ3v) is 2.13. The number of aromatic nitrogens is 3. The minimum Gasteiger partial charge on any atom is -0.367 e. The summed E-state index contributed by atoms with van der Waals surface area (Å²) in [5.74, 6) is 0.897. The van der Waals surface area contributed by atoms with Crippen molar-refractivity contribution in [3.8, 4) is 0 Å². The van der Waals surface area contributed by atoms with E-state index in [1.807, 2.05) is 7.05 Å². The minimum atomic E-state index is 0.167. The van der Waals surface area contributed by atoms with Crippen LogP contribution in [-0.4, -0.2) is 26.9 Å². The first-order valence-corrected chi connectivity index (χ1v) is 4.40. The van der Waals surface area contributed by atoms with Crippen molar-refractivity contribution in [2.75, 3.05) is 11.9 Å². The molecule has 1 aromatic rings. The number of aryl methyl sites for hydroxylation is 1. The maximum Gasteiger partial charge on any atom is 0.144 e. The highest BCUT2D eigenvalue weighted by Crippen LogP contribution is 2.05. The molecule has 0 amide bonds. The average molecular weight is 189 g/mol. The van der Waals surface area contributed by atoms with E-state index in [1.54, 1.807) is 10.9 Å². The van der Waals surface area contributed by atoms with E-state index in [2.05, 4.69) is 22.6 Å². The summed E-state index contributed by atoms with van der Waals surface area (Å²) in [7, 11) is 1.84. The van der Waals surface area contributed by atoms with E-state index in [0.717, 1.165) is 18.8 Å². The van der Waals surface area contributed by atoms with Gasteiger partial charge in [0.2, 0.25) is 0 Å². The van der Waals surface area contributed by atoms with Crippen molar-refractivity contribution in [1.29, 1.82) is 0 Å². The van der Waals surface area contributed by atoms with E-state index in [4.69, 9.17) is 11.6 Å². The molecular weight excluding hydrogens is 176 g/mol. The normalized spacial score (nSPS) is 12.9. The maximum atomic E-state index is 5.92. The molecule has 0 aliphatic carbocycles. The molecule has 1 heterocycles. The topological polar surface area (TPSA) is 42.7 Å². The Morgan fingerprint density at radius 2 is 2.50 bits per heavy atom. The van der Waals surface area contributed by atoms with Crippen molar-refractivity contribution in [1.82, 2.24) is 15.0 Å². The van der Waals surface area contributed by atoms with Gasteiger partial charge in [0.05, 0.1) is 11.6 Å². The second-order valence-corrected chi connectivity index (χ2v) is 3.25. The van der Waals surface area contributed by atoms with Crippen molar-refractivity contribution in [2.45, 2.75) is 18.7 Å². The Morgan fingerprint density at radius 1 is 1.75 bits per heavy atom. The van der Waals surface area contributed by atoms with Crippen LogP contribution in [0.15, 0.2) is 6.20 Å². The molecule has 0 aromatic carbocycles. The lowest BCUT2D eigenvalue weighted by Gasteiger charge is -2.08. The molecule has 1 N–H and O–H groups in total. The van der Waals surface area contributed by atoms with Gasteiger partial charge >= 0.3 is 0 Å². The average Bonchev–Trinajstić information content (AvgIpc) is 2.47. The lowest BCUT2D eigenvalue weighted by atomic mass is 10.3. The minimum absolute atomic E-state index is 0.167. The molecule has 1 aromatic heterocycles. The van der Waals surface area contributed by atoms with E-state index in [1.165, 1.54) is 0 Å². The van der Waals surface area contributed by atoms with Crippen molar-refractivity contribution in [3.05, 3.63) is 6.20 Å². The highest BCUT2D eigenvalue weighted by atomic mass is 35.5. The summed E-state index contributed by atoms with van der Waals surface area (Å²) >= 11 is 5.92. The van der Waals surface area contributed by atoms with E-state index in [9.17, 15) is 0 Å². The number of nitrogens with one attached hydrogen (secondary N) is 1. The number of alkyl halides is 1. The molecule has 0 spiro atoms. The van der Waals surface area contributed by atoms with Crippen LogP contribution in [0, 0.1) is 0 Å². The molecule has 0 radical (unpaired) electrons. The fourth-order valence-electron chi connectivity index (χ4n) is 0.809. The Morgan fingerprint density at radius 3 is 3.00 bits per heavy atom. The molecule has 0 saturated heterocycles. The number of hydrogen-bond donors (Lipinski definition) is 1. The van der Waals surface area contributed by atoms with Crippen LogP contribution in [0.5, 0.6) is 0 Å². The predicted octanol–water partition coefficient (Wildman–Crippen LogP) is 1.24. The predicted molar refractivity (Wildman–Crippen MR) is 49.4 cm³/mol. The van der Waals surface area contributed by atoms with Gasteiger partial charge in [-0.25, -0.2) is 4.68 Å². The monoisotopic (exact) mass is 188 g/mol. The van der Waals surface area contributed by atoms with E-state index in [-0.39, 0.29) is 5.38 Å². The first-order valence-electron chi connectivity index (χ1n) is 3.96. The molecule has 1 rings (SSSR count). The molecule has 1 unspecified atom stereocenters. The van der Waals surface area contributed by atoms with Crippen molar-refractivity contribution < 1.29 is 0 Å². The van der Waals surface area contributed by atoms with Crippen LogP contribution in [0.25, 0.3) is 0 Å². The van der Waals surface area contributed by atoms with Gasteiger partial charge in [-0.2, -0.15) is 0 Å². The Balaban J connectivity index is 2.38. The van der Waals surface area contributed by atoms with E-state index < -0.39 is 0 Å². The van der Waals surface area contributed by atoms with E-state index >= 15 is 0 Å². The summed E-state index contributed by atoms with van der Waals surface area (Å²) in [5, 5.41) is 10.8. The van der Waals surface area contributed by atoms with Gasteiger partial charge in [0.1, 0.15) is 5.82 Å². The first kappa shape index (κ1) is 9.32. The molecule has 0 fully saturated rings. The van der Waals surface area contributed by atoms with Crippen LogP contribution in [0.4, 0.5) is 5.82 Å². The number of hydrogen-bond acceptors (Lipinski definition) is 3. The Kier molecular flexibility index (Phi) is 3.34. The van der Waals surface area contributed by atoms with Crippen LogP contribution in [0.2, 0.25) is 0 Å². The summed E-state index contributed by atoms with van der Waals surface area (Å²) < 4.78 is 1.68. The summed E-state index contributed by atoms with van der Waals surface area (Å²) in [4.78, 5) is 0. The lowest BCUT2D eigenvalue weighted by Crippen LogP contribution is -2.15. The Hall–Kier alpha value is -0.770. The van der Waals surface area contributed by atoms with Gasteiger partial charge in [-0.05, 0) is 6.42 Å². The SMILES string of the molecule is CCC(Cl)CNc1cnnn1C. The van der Waals surface area contributed by atoms with Gasteiger partial charge in [0.25, 0.3) is 0 Å². The second-order valence-electron chi connectivity index (χ2n) is 2.63. The van der Waals surface area contributed by atoms with Gasteiger partial charge in [-0.15, -0.1) is 16.7 Å². The first-order chi connectivity index (χ1) is 5.74. The van der Waals surface area contributed by atoms with Crippen LogP contribution in [0.1, 0.15) is 13.3 Å². The fourth-order valence-corrected chi connectivity index (χ4v) is 0.887. The van der Waals surface area contributed by atoms with Gasteiger partial charge in [0, 0.05) is 13.6 Å². The Bertz CT molecular complexity index is 235. The van der Waals surface area contributed by atoms with Gasteiger partial charge < -0.3 is 5.32 Å². The van der Waals surface area contributed by atoms with Crippen LogP contribution in [-0.2, 0) is 7.05 Å². The lowest BCUT2D eigenvalue weighted by molar-refractivity contribution is 0.713. The number of anilines is 1. The summed E-state index contributed by atoms with van der Waals surface area (Å²) in [6, 6.07) is 0. The molecule has 12 heavy (non-hydrogen) atoms.